The third-order valence-electron chi connectivity index (χ3n) is 5.53. The summed E-state index contributed by atoms with van der Waals surface area (Å²) in [6.45, 7) is 10.6. The predicted molar refractivity (Wildman–Crippen MR) is 106 cm³/mol. The van der Waals surface area contributed by atoms with Crippen molar-refractivity contribution >= 4 is 13.9 Å². The van der Waals surface area contributed by atoms with Gasteiger partial charge in [0, 0.05) is 0 Å². The third kappa shape index (κ3) is 4.59. The highest BCUT2D eigenvalue weighted by molar-refractivity contribution is 6.73. The van der Waals surface area contributed by atoms with Crippen LogP contribution in [0.3, 0.4) is 0 Å². The molecule has 3 heteroatoms. The zero-order valence-corrected chi connectivity index (χ0v) is 16.9. The van der Waals surface area contributed by atoms with E-state index in [0.717, 1.165) is 19.6 Å². The first-order chi connectivity index (χ1) is 11.7. The van der Waals surface area contributed by atoms with Crippen molar-refractivity contribution < 1.29 is 9.16 Å². The maximum atomic E-state index is 6.80. The lowest BCUT2D eigenvalue weighted by Gasteiger charge is -2.32. The summed E-state index contributed by atoms with van der Waals surface area (Å²) in [5.74, 6) is 0. The van der Waals surface area contributed by atoms with Crippen molar-refractivity contribution in [2.75, 3.05) is 13.2 Å². The SMILES string of the molecule is CCCC/C(=C1/COCC1O[Si](CC)(CC)CC)c1ccccc1. The molecule has 0 bridgehead atoms. The van der Waals surface area contributed by atoms with Gasteiger partial charge in [-0.3, -0.25) is 0 Å². The number of rotatable bonds is 9. The normalized spacial score (nSPS) is 20.4. The molecule has 1 aromatic carbocycles. The molecule has 1 heterocycles. The van der Waals surface area contributed by atoms with Gasteiger partial charge in [0.25, 0.3) is 0 Å². The van der Waals surface area contributed by atoms with E-state index < -0.39 is 8.32 Å². The molecule has 1 unspecified atom stereocenters. The minimum absolute atomic E-state index is 0.170. The van der Waals surface area contributed by atoms with Gasteiger partial charge in [-0.15, -0.1) is 0 Å². The molecule has 2 rings (SSSR count). The second kappa shape index (κ2) is 9.55. The fraction of sp³-hybridized carbons (Fsp3) is 0.619. The Morgan fingerprint density at radius 1 is 1.08 bits per heavy atom. The van der Waals surface area contributed by atoms with Crippen molar-refractivity contribution in [1.29, 1.82) is 0 Å². The average molecular weight is 347 g/mol. The Balaban J connectivity index is 2.33. The Labute approximate surface area is 149 Å². The number of allylic oxidation sites excluding steroid dienone is 1. The van der Waals surface area contributed by atoms with Gasteiger partial charge in [-0.2, -0.15) is 0 Å². The van der Waals surface area contributed by atoms with E-state index in [1.807, 2.05) is 0 Å². The van der Waals surface area contributed by atoms with E-state index in [-0.39, 0.29) is 6.10 Å². The Kier molecular flexibility index (Phi) is 7.73. The fourth-order valence-corrected chi connectivity index (χ4v) is 6.45. The molecule has 1 aliphatic heterocycles. The molecular weight excluding hydrogens is 312 g/mol. The van der Waals surface area contributed by atoms with Crippen LogP contribution in [0.2, 0.25) is 18.1 Å². The molecule has 1 fully saturated rings. The zero-order chi connectivity index (χ0) is 17.4. The highest BCUT2D eigenvalue weighted by Crippen LogP contribution is 2.34. The minimum atomic E-state index is -1.62. The van der Waals surface area contributed by atoms with Crippen molar-refractivity contribution in [2.45, 2.75) is 71.2 Å². The van der Waals surface area contributed by atoms with Gasteiger partial charge < -0.3 is 9.16 Å². The van der Waals surface area contributed by atoms with Crippen LogP contribution in [0.25, 0.3) is 5.57 Å². The van der Waals surface area contributed by atoms with Gasteiger partial charge in [-0.05, 0) is 47.7 Å². The van der Waals surface area contributed by atoms with E-state index in [1.165, 1.54) is 47.7 Å². The van der Waals surface area contributed by atoms with Crippen LogP contribution >= 0.6 is 0 Å². The van der Waals surface area contributed by atoms with E-state index in [9.17, 15) is 0 Å². The Morgan fingerprint density at radius 3 is 2.33 bits per heavy atom. The largest absolute Gasteiger partial charge is 0.408 e. The first-order valence-corrected chi connectivity index (χ1v) is 12.3. The molecule has 0 aliphatic carbocycles. The summed E-state index contributed by atoms with van der Waals surface area (Å²) in [7, 11) is -1.62. The fourth-order valence-electron chi connectivity index (χ4n) is 3.64. The van der Waals surface area contributed by atoms with Crippen molar-refractivity contribution in [3.8, 4) is 0 Å². The van der Waals surface area contributed by atoms with Gasteiger partial charge in [-0.1, -0.05) is 64.4 Å². The van der Waals surface area contributed by atoms with Gasteiger partial charge in [-0.25, -0.2) is 0 Å². The van der Waals surface area contributed by atoms with Gasteiger partial charge in [0.2, 0.25) is 0 Å². The molecule has 0 amide bonds. The Bertz CT molecular complexity index is 512. The molecule has 1 aromatic rings. The number of ether oxygens (including phenoxy) is 1. The lowest BCUT2D eigenvalue weighted by Crippen LogP contribution is -2.40. The van der Waals surface area contributed by atoms with E-state index in [4.69, 9.17) is 9.16 Å². The molecule has 134 valence electrons. The summed E-state index contributed by atoms with van der Waals surface area (Å²) >= 11 is 0. The summed E-state index contributed by atoms with van der Waals surface area (Å²) in [6, 6.07) is 14.4. The van der Waals surface area contributed by atoms with Crippen molar-refractivity contribution in [3.05, 3.63) is 41.5 Å². The second-order valence-electron chi connectivity index (χ2n) is 6.84. The lowest BCUT2D eigenvalue weighted by atomic mass is 9.93. The standard InChI is InChI=1S/C21H34O2Si/c1-5-9-15-19(18-13-11-10-12-14-18)20-16-22-17-21(20)23-24(6-2,7-3)8-4/h10-14,21H,5-9,15-17H2,1-4H3/b20-19+. The van der Waals surface area contributed by atoms with Gasteiger partial charge >= 0.3 is 0 Å². The average Bonchev–Trinajstić information content (AvgIpc) is 3.09. The topological polar surface area (TPSA) is 18.5 Å². The first kappa shape index (κ1) is 19.4. The van der Waals surface area contributed by atoms with Crippen molar-refractivity contribution in [2.24, 2.45) is 0 Å². The van der Waals surface area contributed by atoms with E-state index in [0.29, 0.717) is 0 Å². The van der Waals surface area contributed by atoms with Crippen molar-refractivity contribution in [3.63, 3.8) is 0 Å². The summed E-state index contributed by atoms with van der Waals surface area (Å²) in [4.78, 5) is 0. The molecule has 0 radical (unpaired) electrons. The van der Waals surface area contributed by atoms with Crippen LogP contribution in [0.4, 0.5) is 0 Å². The Hall–Kier alpha value is -0.903. The molecule has 1 aliphatic rings. The molecule has 1 saturated heterocycles. The number of hydrogen-bond donors (Lipinski definition) is 0. The van der Waals surface area contributed by atoms with E-state index in [2.05, 4.69) is 58.0 Å². The second-order valence-corrected chi connectivity index (χ2v) is 11.6. The molecule has 0 saturated carbocycles. The highest BCUT2D eigenvalue weighted by Gasteiger charge is 2.36. The monoisotopic (exact) mass is 346 g/mol. The van der Waals surface area contributed by atoms with Crippen molar-refractivity contribution in [1.82, 2.24) is 0 Å². The maximum Gasteiger partial charge on any atom is 0.193 e. The number of benzene rings is 1. The van der Waals surface area contributed by atoms with Crippen LogP contribution < -0.4 is 0 Å². The first-order valence-electron chi connectivity index (χ1n) is 9.72. The van der Waals surface area contributed by atoms with Crippen LogP contribution in [0.1, 0.15) is 52.5 Å². The third-order valence-corrected chi connectivity index (χ3v) is 10.2. The highest BCUT2D eigenvalue weighted by atomic mass is 28.4. The predicted octanol–water partition coefficient (Wildman–Crippen LogP) is 6.05. The quantitative estimate of drug-likeness (QED) is 0.507. The molecular formula is C21H34O2Si. The summed E-state index contributed by atoms with van der Waals surface area (Å²) in [5.41, 5.74) is 4.21. The molecule has 0 N–H and O–H groups in total. The summed E-state index contributed by atoms with van der Waals surface area (Å²) in [5, 5.41) is 0. The Morgan fingerprint density at radius 2 is 1.75 bits per heavy atom. The molecule has 0 aromatic heterocycles. The summed E-state index contributed by atoms with van der Waals surface area (Å²) < 4.78 is 12.7. The molecule has 2 nitrogen and oxygen atoms in total. The van der Waals surface area contributed by atoms with E-state index in [1.54, 1.807) is 0 Å². The van der Waals surface area contributed by atoms with Gasteiger partial charge in [0.15, 0.2) is 8.32 Å². The minimum Gasteiger partial charge on any atom is -0.408 e. The summed E-state index contributed by atoms with van der Waals surface area (Å²) in [6.07, 6.45) is 3.73. The van der Waals surface area contributed by atoms with Crippen LogP contribution in [0.5, 0.6) is 0 Å². The zero-order valence-electron chi connectivity index (χ0n) is 15.9. The van der Waals surface area contributed by atoms with E-state index >= 15 is 0 Å². The van der Waals surface area contributed by atoms with Crippen LogP contribution in [0, 0.1) is 0 Å². The maximum absolute atomic E-state index is 6.80. The number of hydrogen-bond acceptors (Lipinski definition) is 2. The van der Waals surface area contributed by atoms with Crippen LogP contribution in [-0.2, 0) is 9.16 Å². The van der Waals surface area contributed by atoms with Crippen LogP contribution in [0.15, 0.2) is 35.9 Å². The van der Waals surface area contributed by atoms with Gasteiger partial charge in [0.1, 0.15) is 0 Å². The lowest BCUT2D eigenvalue weighted by molar-refractivity contribution is 0.136. The molecule has 24 heavy (non-hydrogen) atoms. The molecule has 1 atom stereocenters. The molecule has 0 spiro atoms. The smallest absolute Gasteiger partial charge is 0.193 e. The number of unbranched alkanes of at least 4 members (excludes halogenated alkanes) is 1. The van der Waals surface area contributed by atoms with Crippen LogP contribution in [-0.4, -0.2) is 27.6 Å². The van der Waals surface area contributed by atoms with Gasteiger partial charge in [0.05, 0.1) is 19.3 Å².